The Labute approximate surface area is 183 Å². The summed E-state index contributed by atoms with van der Waals surface area (Å²) in [4.78, 5) is 27.4. The molecule has 0 aromatic heterocycles. The monoisotopic (exact) mass is 434 g/mol. The molecule has 156 valence electrons. The number of rotatable bonds is 9. The Hall–Kier alpha value is -2.04. The fourth-order valence-corrected chi connectivity index (χ4v) is 3.39. The van der Waals surface area contributed by atoms with E-state index < -0.39 is 6.04 Å². The summed E-state index contributed by atoms with van der Waals surface area (Å²) >= 11 is 12.3. The van der Waals surface area contributed by atoms with Crippen LogP contribution in [-0.2, 0) is 22.6 Å². The van der Waals surface area contributed by atoms with E-state index in [1.807, 2.05) is 44.2 Å². The first-order valence-corrected chi connectivity index (χ1v) is 10.6. The fraction of sp³-hybridized carbons (Fsp3) is 0.391. The third-order valence-corrected chi connectivity index (χ3v) is 5.58. The minimum Gasteiger partial charge on any atom is -0.352 e. The zero-order valence-corrected chi connectivity index (χ0v) is 18.6. The minimum atomic E-state index is -0.612. The van der Waals surface area contributed by atoms with Gasteiger partial charge in [-0.2, -0.15) is 0 Å². The van der Waals surface area contributed by atoms with E-state index in [4.69, 9.17) is 23.2 Å². The molecule has 0 saturated carbocycles. The van der Waals surface area contributed by atoms with Crippen molar-refractivity contribution in [3.8, 4) is 0 Å². The highest BCUT2D eigenvalue weighted by Gasteiger charge is 2.27. The highest BCUT2D eigenvalue weighted by Crippen LogP contribution is 2.23. The Morgan fingerprint density at radius 1 is 1.07 bits per heavy atom. The van der Waals surface area contributed by atoms with Gasteiger partial charge < -0.3 is 10.2 Å². The molecule has 0 aliphatic carbocycles. The van der Waals surface area contributed by atoms with Crippen molar-refractivity contribution >= 4 is 35.0 Å². The van der Waals surface area contributed by atoms with Crippen molar-refractivity contribution in [2.75, 3.05) is 0 Å². The molecule has 0 aliphatic rings. The van der Waals surface area contributed by atoms with Crippen LogP contribution in [0.1, 0.15) is 44.7 Å². The van der Waals surface area contributed by atoms with Gasteiger partial charge in [0.25, 0.3) is 0 Å². The molecule has 2 amide bonds. The van der Waals surface area contributed by atoms with Gasteiger partial charge in [0.05, 0.1) is 0 Å². The van der Waals surface area contributed by atoms with Gasteiger partial charge in [0.15, 0.2) is 0 Å². The van der Waals surface area contributed by atoms with E-state index in [1.54, 1.807) is 30.0 Å². The van der Waals surface area contributed by atoms with Crippen LogP contribution in [0, 0.1) is 0 Å². The van der Waals surface area contributed by atoms with Crippen LogP contribution in [0.2, 0.25) is 10.0 Å². The van der Waals surface area contributed by atoms with Crippen LogP contribution in [0.5, 0.6) is 0 Å². The number of aryl methyl sites for hydroxylation is 1. The van der Waals surface area contributed by atoms with Crippen molar-refractivity contribution in [2.24, 2.45) is 0 Å². The van der Waals surface area contributed by atoms with E-state index >= 15 is 0 Å². The third-order valence-electron chi connectivity index (χ3n) is 4.99. The lowest BCUT2D eigenvalue weighted by Crippen LogP contribution is -2.49. The molecule has 0 aliphatic heterocycles. The zero-order valence-electron chi connectivity index (χ0n) is 17.1. The van der Waals surface area contributed by atoms with Crippen LogP contribution in [0.3, 0.4) is 0 Å². The number of amides is 2. The van der Waals surface area contributed by atoms with Crippen LogP contribution >= 0.6 is 23.2 Å². The number of carbonyl (C=O) groups excluding carboxylic acids is 2. The number of nitrogens with zero attached hydrogens (tertiary/aromatic N) is 1. The minimum absolute atomic E-state index is 0.0466. The molecule has 2 aromatic carbocycles. The highest BCUT2D eigenvalue weighted by atomic mass is 35.5. The first kappa shape index (κ1) is 23.2. The summed E-state index contributed by atoms with van der Waals surface area (Å²) in [7, 11) is 0. The third kappa shape index (κ3) is 7.06. The molecule has 0 spiro atoms. The molecular formula is C23H28Cl2N2O2. The first-order chi connectivity index (χ1) is 13.8. The predicted molar refractivity (Wildman–Crippen MR) is 119 cm³/mol. The average molecular weight is 435 g/mol. The molecule has 6 heteroatoms. The summed E-state index contributed by atoms with van der Waals surface area (Å²) in [5, 5.41) is 3.97. The molecule has 0 unspecified atom stereocenters. The maximum atomic E-state index is 13.1. The number of benzene rings is 2. The van der Waals surface area contributed by atoms with Crippen molar-refractivity contribution in [1.82, 2.24) is 10.2 Å². The van der Waals surface area contributed by atoms with E-state index in [-0.39, 0.29) is 24.4 Å². The fourth-order valence-electron chi connectivity index (χ4n) is 2.92. The number of nitrogens with one attached hydrogen (secondary N) is 1. The van der Waals surface area contributed by atoms with Crippen molar-refractivity contribution in [3.63, 3.8) is 0 Å². The Bertz CT molecular complexity index is 827. The Morgan fingerprint density at radius 3 is 2.38 bits per heavy atom. The molecule has 0 fully saturated rings. The Kier molecular flexibility index (Phi) is 8.99. The molecule has 29 heavy (non-hydrogen) atoms. The summed E-state index contributed by atoms with van der Waals surface area (Å²) in [6, 6.07) is 14.4. The molecule has 4 nitrogen and oxygen atoms in total. The van der Waals surface area contributed by atoms with E-state index in [1.165, 1.54) is 0 Å². The second kappa shape index (κ2) is 11.2. The molecule has 0 radical (unpaired) electrons. The van der Waals surface area contributed by atoms with Gasteiger partial charge in [0.1, 0.15) is 6.04 Å². The van der Waals surface area contributed by atoms with Crippen LogP contribution in [0.4, 0.5) is 0 Å². The molecule has 2 rings (SSSR count). The lowest BCUT2D eigenvalue weighted by Gasteiger charge is -2.30. The predicted octanol–water partition coefficient (Wildman–Crippen LogP) is 5.26. The van der Waals surface area contributed by atoms with Crippen molar-refractivity contribution in [3.05, 3.63) is 69.7 Å². The number of hydrogen-bond donors (Lipinski definition) is 1. The molecule has 0 heterocycles. The summed E-state index contributed by atoms with van der Waals surface area (Å²) < 4.78 is 0. The van der Waals surface area contributed by atoms with E-state index in [2.05, 4.69) is 5.32 Å². The highest BCUT2D eigenvalue weighted by molar-refractivity contribution is 6.35. The Morgan fingerprint density at radius 2 is 1.76 bits per heavy atom. The number of carbonyl (C=O) groups is 2. The maximum absolute atomic E-state index is 13.1. The lowest BCUT2D eigenvalue weighted by atomic mass is 10.1. The van der Waals surface area contributed by atoms with Crippen molar-refractivity contribution in [2.45, 2.75) is 58.7 Å². The van der Waals surface area contributed by atoms with Crippen LogP contribution in [0.15, 0.2) is 48.5 Å². The molecular weight excluding hydrogens is 407 g/mol. The van der Waals surface area contributed by atoms with Crippen molar-refractivity contribution in [1.29, 1.82) is 0 Å². The summed E-state index contributed by atoms with van der Waals surface area (Å²) in [6.07, 6.45) is 1.75. The van der Waals surface area contributed by atoms with Gasteiger partial charge in [-0.25, -0.2) is 0 Å². The standard InChI is InChI=1S/C23H28Cl2N2O2/c1-4-16(2)26-23(29)17(3)27(15-19-11-12-20(24)14-21(19)25)22(28)13-10-18-8-6-5-7-9-18/h5-9,11-12,14,16-17H,4,10,13,15H2,1-3H3,(H,26,29)/t16-,17+/m0/s1. The average Bonchev–Trinajstić information content (AvgIpc) is 2.71. The molecule has 2 aromatic rings. The summed E-state index contributed by atoms with van der Waals surface area (Å²) in [5.41, 5.74) is 1.84. The van der Waals surface area contributed by atoms with E-state index in [0.29, 0.717) is 22.9 Å². The largest absolute Gasteiger partial charge is 0.352 e. The lowest BCUT2D eigenvalue weighted by molar-refractivity contribution is -0.140. The molecule has 0 saturated heterocycles. The molecule has 0 bridgehead atoms. The number of hydrogen-bond acceptors (Lipinski definition) is 2. The second-order valence-electron chi connectivity index (χ2n) is 7.24. The van der Waals surface area contributed by atoms with E-state index in [0.717, 1.165) is 17.5 Å². The van der Waals surface area contributed by atoms with Crippen LogP contribution < -0.4 is 5.32 Å². The van der Waals surface area contributed by atoms with Gasteiger partial charge >= 0.3 is 0 Å². The van der Waals surface area contributed by atoms with Gasteiger partial charge in [0.2, 0.25) is 11.8 Å². The first-order valence-electron chi connectivity index (χ1n) is 9.89. The van der Waals surface area contributed by atoms with E-state index in [9.17, 15) is 9.59 Å². The molecule has 1 N–H and O–H groups in total. The van der Waals surface area contributed by atoms with Gasteiger partial charge in [-0.15, -0.1) is 0 Å². The van der Waals surface area contributed by atoms with Gasteiger partial charge in [-0.1, -0.05) is 66.5 Å². The Balaban J connectivity index is 2.18. The van der Waals surface area contributed by atoms with Gasteiger partial charge in [0, 0.05) is 29.1 Å². The van der Waals surface area contributed by atoms with Gasteiger partial charge in [-0.3, -0.25) is 9.59 Å². The maximum Gasteiger partial charge on any atom is 0.242 e. The summed E-state index contributed by atoms with van der Waals surface area (Å²) in [5.74, 6) is -0.260. The quantitative estimate of drug-likeness (QED) is 0.584. The van der Waals surface area contributed by atoms with Crippen molar-refractivity contribution < 1.29 is 9.59 Å². The number of halogens is 2. The smallest absolute Gasteiger partial charge is 0.242 e. The summed E-state index contributed by atoms with van der Waals surface area (Å²) in [6.45, 7) is 5.95. The normalized spacial score (nSPS) is 12.9. The topological polar surface area (TPSA) is 49.4 Å². The SMILES string of the molecule is CC[C@H](C)NC(=O)[C@@H](C)N(Cc1ccc(Cl)cc1Cl)C(=O)CCc1ccccc1. The van der Waals surface area contributed by atoms with Gasteiger partial charge in [-0.05, 0) is 49.9 Å². The van der Waals surface area contributed by atoms with Crippen LogP contribution in [-0.4, -0.2) is 28.8 Å². The second-order valence-corrected chi connectivity index (χ2v) is 8.08. The molecule has 2 atom stereocenters. The zero-order chi connectivity index (χ0) is 21.4. The van der Waals surface area contributed by atoms with Crippen LogP contribution in [0.25, 0.3) is 0 Å².